The third kappa shape index (κ3) is 12.9. The van der Waals surface area contributed by atoms with Gasteiger partial charge in [0.2, 0.25) is 0 Å². The molecule has 0 amide bonds. The lowest BCUT2D eigenvalue weighted by Gasteiger charge is -2.30. The van der Waals surface area contributed by atoms with Gasteiger partial charge in [-0.2, -0.15) is 0 Å². The van der Waals surface area contributed by atoms with Crippen LogP contribution >= 0.6 is 0 Å². The van der Waals surface area contributed by atoms with Gasteiger partial charge in [-0.25, -0.2) is 0 Å². The summed E-state index contributed by atoms with van der Waals surface area (Å²) in [6.07, 6.45) is 3.66. The molecule has 0 N–H and O–H groups in total. The molecule has 25 heavy (non-hydrogen) atoms. The van der Waals surface area contributed by atoms with Crippen molar-refractivity contribution in [2.45, 2.75) is 52.1 Å². The Morgan fingerprint density at radius 1 is 0.640 bits per heavy atom. The fourth-order valence-electron chi connectivity index (χ4n) is 3.22. The van der Waals surface area contributed by atoms with Gasteiger partial charge in [0.05, 0.1) is 0 Å². The lowest BCUT2D eigenvalue weighted by molar-refractivity contribution is 0.179. The summed E-state index contributed by atoms with van der Waals surface area (Å²) in [6, 6.07) is 2.17. The Morgan fingerprint density at radius 2 is 1.08 bits per heavy atom. The molecule has 0 heterocycles. The summed E-state index contributed by atoms with van der Waals surface area (Å²) in [5, 5.41) is 0. The number of nitrogens with zero attached hydrogens (tertiary/aromatic N) is 3. The summed E-state index contributed by atoms with van der Waals surface area (Å²) < 4.78 is 12.2. The van der Waals surface area contributed by atoms with E-state index in [0.29, 0.717) is 0 Å². The predicted octanol–water partition coefficient (Wildman–Crippen LogP) is 3.12. The third-order valence-electron chi connectivity index (χ3n) is 4.54. The second-order valence-electron chi connectivity index (χ2n) is 7.39. The van der Waals surface area contributed by atoms with E-state index in [9.17, 15) is 0 Å². The van der Waals surface area contributed by atoms with Crippen molar-refractivity contribution < 1.29 is 8.85 Å². The van der Waals surface area contributed by atoms with Crippen LogP contribution in [0.15, 0.2) is 0 Å². The maximum atomic E-state index is 6.11. The van der Waals surface area contributed by atoms with Crippen molar-refractivity contribution in [2.24, 2.45) is 0 Å². The van der Waals surface area contributed by atoms with E-state index < -0.39 is 8.56 Å². The predicted molar refractivity (Wildman–Crippen MR) is 112 cm³/mol. The van der Waals surface area contributed by atoms with E-state index in [-0.39, 0.29) is 0 Å². The van der Waals surface area contributed by atoms with Gasteiger partial charge in [-0.3, -0.25) is 0 Å². The van der Waals surface area contributed by atoms with Gasteiger partial charge in [0, 0.05) is 13.2 Å². The molecule has 0 bridgehead atoms. The van der Waals surface area contributed by atoms with Gasteiger partial charge < -0.3 is 23.6 Å². The quantitative estimate of drug-likeness (QED) is 0.364. The van der Waals surface area contributed by atoms with Gasteiger partial charge in [0.1, 0.15) is 0 Å². The molecule has 0 aromatic heterocycles. The minimum absolute atomic E-state index is 0.773. The molecule has 0 fully saturated rings. The van der Waals surface area contributed by atoms with E-state index in [2.05, 4.69) is 63.7 Å². The Bertz CT molecular complexity index is 284. The van der Waals surface area contributed by atoms with Gasteiger partial charge in [0.25, 0.3) is 0 Å². The van der Waals surface area contributed by atoms with Crippen LogP contribution in [0.25, 0.3) is 0 Å². The minimum Gasteiger partial charge on any atom is -0.394 e. The molecule has 0 rings (SSSR count). The Kier molecular flexibility index (Phi) is 15.1. The molecular weight excluding hydrogens is 330 g/mol. The normalized spacial score (nSPS) is 12.7. The molecule has 0 spiro atoms. The van der Waals surface area contributed by atoms with Crippen molar-refractivity contribution in [3.05, 3.63) is 0 Å². The lowest BCUT2D eigenvalue weighted by atomic mass is 10.3. The van der Waals surface area contributed by atoms with Gasteiger partial charge >= 0.3 is 8.56 Å². The van der Waals surface area contributed by atoms with Crippen LogP contribution in [0.5, 0.6) is 0 Å². The summed E-state index contributed by atoms with van der Waals surface area (Å²) >= 11 is 0. The number of hydrogen-bond acceptors (Lipinski definition) is 5. The second kappa shape index (κ2) is 15.1. The molecule has 0 atom stereocenters. The first-order chi connectivity index (χ1) is 11.9. The molecule has 0 aromatic rings. The largest absolute Gasteiger partial charge is 0.394 e. The Hall–Kier alpha value is 0.0169. The van der Waals surface area contributed by atoms with Crippen LogP contribution in [0.3, 0.4) is 0 Å². The van der Waals surface area contributed by atoms with Gasteiger partial charge in [0.15, 0.2) is 0 Å². The summed E-state index contributed by atoms with van der Waals surface area (Å²) in [5.41, 5.74) is 0. The van der Waals surface area contributed by atoms with Crippen LogP contribution in [0.1, 0.15) is 40.0 Å². The molecule has 0 saturated carbocycles. The smallest absolute Gasteiger partial charge is 0.337 e. The molecule has 0 aromatic carbocycles. The first-order valence-electron chi connectivity index (χ1n) is 10.2. The zero-order chi connectivity index (χ0) is 19.1. The Morgan fingerprint density at radius 3 is 1.44 bits per heavy atom. The van der Waals surface area contributed by atoms with Crippen molar-refractivity contribution in [1.29, 1.82) is 0 Å². The van der Waals surface area contributed by atoms with Crippen LogP contribution in [0.4, 0.5) is 0 Å². The highest BCUT2D eigenvalue weighted by atomic mass is 28.4. The van der Waals surface area contributed by atoms with Gasteiger partial charge in [-0.1, -0.05) is 6.92 Å². The first-order valence-corrected chi connectivity index (χ1v) is 12.4. The van der Waals surface area contributed by atoms with E-state index >= 15 is 0 Å². The number of hydrogen-bond donors (Lipinski definition) is 0. The topological polar surface area (TPSA) is 28.2 Å². The fourth-order valence-corrected chi connectivity index (χ4v) is 6.10. The van der Waals surface area contributed by atoms with Crippen molar-refractivity contribution in [1.82, 2.24) is 14.7 Å². The highest BCUT2D eigenvalue weighted by Gasteiger charge is 2.34. The van der Waals surface area contributed by atoms with Crippen LogP contribution in [-0.2, 0) is 8.85 Å². The van der Waals surface area contributed by atoms with Crippen molar-refractivity contribution >= 4 is 8.56 Å². The van der Waals surface area contributed by atoms with Crippen LogP contribution < -0.4 is 0 Å². The van der Waals surface area contributed by atoms with Crippen LogP contribution in [0, 0.1) is 0 Å². The first kappa shape index (κ1) is 25.0. The van der Waals surface area contributed by atoms with E-state index in [4.69, 9.17) is 8.85 Å². The summed E-state index contributed by atoms with van der Waals surface area (Å²) in [7, 11) is 6.64. The zero-order valence-corrected chi connectivity index (χ0v) is 19.1. The van der Waals surface area contributed by atoms with E-state index in [0.717, 1.165) is 44.9 Å². The molecule has 0 unspecified atom stereocenters. The van der Waals surface area contributed by atoms with E-state index in [1.54, 1.807) is 0 Å². The number of rotatable bonds is 17. The van der Waals surface area contributed by atoms with Crippen molar-refractivity contribution in [3.8, 4) is 0 Å². The highest BCUT2D eigenvalue weighted by molar-refractivity contribution is 6.67. The summed E-state index contributed by atoms with van der Waals surface area (Å²) in [4.78, 5) is 7.19. The molecular formula is C19H45N3O2Si. The minimum atomic E-state index is -1.98. The molecule has 152 valence electrons. The van der Waals surface area contributed by atoms with Crippen molar-refractivity contribution in [2.75, 3.05) is 74.1 Å². The lowest BCUT2D eigenvalue weighted by Crippen LogP contribution is -2.42. The Labute approximate surface area is 158 Å². The summed E-state index contributed by atoms with van der Waals surface area (Å²) in [5.74, 6) is 0. The van der Waals surface area contributed by atoms with Crippen molar-refractivity contribution in [3.63, 3.8) is 0 Å². The molecule has 0 radical (unpaired) electrons. The average Bonchev–Trinajstić information content (AvgIpc) is 2.54. The maximum Gasteiger partial charge on any atom is 0.337 e. The van der Waals surface area contributed by atoms with Gasteiger partial charge in [-0.05, 0) is 106 Å². The zero-order valence-electron chi connectivity index (χ0n) is 18.1. The monoisotopic (exact) mass is 375 g/mol. The van der Waals surface area contributed by atoms with Crippen LogP contribution in [-0.4, -0.2) is 97.4 Å². The third-order valence-corrected chi connectivity index (χ3v) is 8.37. The SMILES string of the molecule is CCO[Si](CC)(CCCN(CCCN(C)C)CCCN(C)C)OCC. The molecule has 0 saturated heterocycles. The average molecular weight is 376 g/mol. The molecule has 0 aliphatic heterocycles. The molecule has 0 aliphatic carbocycles. The summed E-state index contributed by atoms with van der Waals surface area (Å²) in [6.45, 7) is 13.8. The second-order valence-corrected chi connectivity index (χ2v) is 11.0. The van der Waals surface area contributed by atoms with Crippen LogP contribution in [0.2, 0.25) is 12.1 Å². The molecule has 6 heteroatoms. The highest BCUT2D eigenvalue weighted by Crippen LogP contribution is 2.21. The Balaban J connectivity index is 4.43. The van der Waals surface area contributed by atoms with E-state index in [1.807, 2.05) is 0 Å². The van der Waals surface area contributed by atoms with E-state index in [1.165, 1.54) is 32.4 Å². The standard InChI is InChI=1S/C19H45N3O2Si/c1-8-23-25(10-3,24-9-2)19-13-18-22(16-11-14-20(4)5)17-12-15-21(6)7/h8-19H2,1-7H3. The molecule has 0 aliphatic rings. The van der Waals surface area contributed by atoms with Gasteiger partial charge in [-0.15, -0.1) is 0 Å². The fraction of sp³-hybridized carbons (Fsp3) is 1.00. The molecule has 5 nitrogen and oxygen atoms in total. The maximum absolute atomic E-state index is 6.11.